The topological polar surface area (TPSA) is 86.7 Å². The number of nitrogens with zero attached hydrogens (tertiary/aromatic N) is 5. The second kappa shape index (κ2) is 7.04. The van der Waals surface area contributed by atoms with E-state index >= 15 is 0 Å². The fourth-order valence-electron chi connectivity index (χ4n) is 3.51. The van der Waals surface area contributed by atoms with Crippen LogP contribution in [0.3, 0.4) is 0 Å². The third-order valence-corrected chi connectivity index (χ3v) is 5.11. The Morgan fingerprint density at radius 2 is 1.53 bits per heavy atom. The molecular weight excluding hydrogens is 378 g/mol. The molecule has 0 amide bonds. The van der Waals surface area contributed by atoms with E-state index in [1.54, 1.807) is 12.1 Å². The van der Waals surface area contributed by atoms with E-state index < -0.39 is 4.92 Å². The Kier molecular flexibility index (Phi) is 4.21. The first-order valence-electron chi connectivity index (χ1n) is 9.63. The zero-order valence-electron chi connectivity index (χ0n) is 16.2. The lowest BCUT2D eigenvalue weighted by Crippen LogP contribution is -2.00. The zero-order valence-corrected chi connectivity index (χ0v) is 16.2. The summed E-state index contributed by atoms with van der Waals surface area (Å²) in [7, 11) is 0. The van der Waals surface area contributed by atoms with E-state index in [1.165, 1.54) is 17.7 Å². The lowest BCUT2D eigenvalue weighted by molar-refractivity contribution is -0.384. The molecule has 5 rings (SSSR count). The van der Waals surface area contributed by atoms with Gasteiger partial charge in [-0.25, -0.2) is 15.0 Å². The smallest absolute Gasteiger partial charge is 0.269 e. The van der Waals surface area contributed by atoms with E-state index in [4.69, 9.17) is 9.97 Å². The fourth-order valence-corrected chi connectivity index (χ4v) is 3.51. The van der Waals surface area contributed by atoms with Gasteiger partial charge in [-0.3, -0.25) is 14.7 Å². The molecule has 7 heteroatoms. The molecule has 7 nitrogen and oxygen atoms in total. The first-order valence-corrected chi connectivity index (χ1v) is 9.63. The van der Waals surface area contributed by atoms with Crippen LogP contribution in [0.15, 0.2) is 72.8 Å². The number of nitro groups is 1. The van der Waals surface area contributed by atoms with Gasteiger partial charge >= 0.3 is 0 Å². The molecule has 5 aromatic rings. The summed E-state index contributed by atoms with van der Waals surface area (Å²) in [5.41, 5.74) is 5.66. The Hall–Kier alpha value is -4.13. The molecule has 2 heterocycles. The highest BCUT2D eigenvalue weighted by Gasteiger charge is 2.18. The quantitative estimate of drug-likeness (QED) is 0.312. The van der Waals surface area contributed by atoms with Crippen LogP contribution in [-0.4, -0.2) is 24.4 Å². The molecule has 0 N–H and O–H groups in total. The molecule has 2 aromatic heterocycles. The van der Waals surface area contributed by atoms with Crippen LogP contribution in [0.4, 0.5) is 5.69 Å². The Balaban J connectivity index is 1.79. The maximum absolute atomic E-state index is 11.0. The van der Waals surface area contributed by atoms with Gasteiger partial charge in [0.25, 0.3) is 5.69 Å². The van der Waals surface area contributed by atoms with Gasteiger partial charge < -0.3 is 0 Å². The summed E-state index contributed by atoms with van der Waals surface area (Å²) in [6.07, 6.45) is 0.949. The van der Waals surface area contributed by atoms with Crippen LogP contribution in [0.1, 0.15) is 12.5 Å². The largest absolute Gasteiger partial charge is 0.275 e. The molecule has 0 aliphatic carbocycles. The van der Waals surface area contributed by atoms with Crippen molar-refractivity contribution >= 4 is 28.0 Å². The molecule has 30 heavy (non-hydrogen) atoms. The van der Waals surface area contributed by atoms with Crippen molar-refractivity contribution in [3.8, 4) is 17.1 Å². The van der Waals surface area contributed by atoms with Crippen molar-refractivity contribution in [2.24, 2.45) is 0 Å². The van der Waals surface area contributed by atoms with Gasteiger partial charge in [0.2, 0.25) is 0 Å². The molecular formula is C23H17N5O2. The van der Waals surface area contributed by atoms with E-state index in [2.05, 4.69) is 24.0 Å². The van der Waals surface area contributed by atoms with Gasteiger partial charge in [0, 0.05) is 23.4 Å². The molecule has 0 saturated heterocycles. The highest BCUT2D eigenvalue weighted by atomic mass is 16.6. The number of rotatable bonds is 4. The summed E-state index contributed by atoms with van der Waals surface area (Å²) in [6, 6.07) is 22.3. The number of para-hydroxylation sites is 2. The minimum absolute atomic E-state index is 0.0377. The molecule has 0 aliphatic heterocycles. The van der Waals surface area contributed by atoms with Crippen molar-refractivity contribution in [1.29, 1.82) is 0 Å². The zero-order chi connectivity index (χ0) is 20.7. The summed E-state index contributed by atoms with van der Waals surface area (Å²) >= 11 is 0. The number of hydrogen-bond donors (Lipinski definition) is 0. The summed E-state index contributed by atoms with van der Waals surface area (Å²) in [4.78, 5) is 24.9. The van der Waals surface area contributed by atoms with Gasteiger partial charge in [0.05, 0.1) is 16.0 Å². The molecule has 0 saturated carbocycles. The molecule has 146 valence electrons. The molecule has 0 radical (unpaired) electrons. The van der Waals surface area contributed by atoms with Crippen LogP contribution in [0, 0.1) is 10.1 Å². The highest BCUT2D eigenvalue weighted by Crippen LogP contribution is 2.29. The molecule has 0 unspecified atom stereocenters. The van der Waals surface area contributed by atoms with Crippen molar-refractivity contribution < 1.29 is 4.92 Å². The predicted molar refractivity (Wildman–Crippen MR) is 116 cm³/mol. The second-order valence-corrected chi connectivity index (χ2v) is 6.95. The predicted octanol–water partition coefficient (Wildman–Crippen LogP) is 5.11. The second-order valence-electron chi connectivity index (χ2n) is 6.95. The van der Waals surface area contributed by atoms with E-state index in [0.717, 1.165) is 28.7 Å². The van der Waals surface area contributed by atoms with Crippen LogP contribution in [0.2, 0.25) is 0 Å². The van der Waals surface area contributed by atoms with E-state index in [1.807, 2.05) is 41.0 Å². The third-order valence-electron chi connectivity index (χ3n) is 5.11. The minimum atomic E-state index is -0.411. The van der Waals surface area contributed by atoms with Crippen molar-refractivity contribution in [1.82, 2.24) is 19.5 Å². The Bertz CT molecular complexity index is 1390. The van der Waals surface area contributed by atoms with Gasteiger partial charge in [0.15, 0.2) is 11.3 Å². The number of non-ortho nitro benzene ring substituents is 1. The van der Waals surface area contributed by atoms with Crippen molar-refractivity contribution in [3.05, 3.63) is 88.5 Å². The van der Waals surface area contributed by atoms with Crippen LogP contribution in [0.25, 0.3) is 39.4 Å². The number of nitro benzene ring substituents is 1. The van der Waals surface area contributed by atoms with Gasteiger partial charge in [0.1, 0.15) is 5.82 Å². The van der Waals surface area contributed by atoms with Crippen LogP contribution in [0.5, 0.6) is 0 Å². The Morgan fingerprint density at radius 3 is 2.17 bits per heavy atom. The van der Waals surface area contributed by atoms with E-state index in [0.29, 0.717) is 17.1 Å². The normalized spacial score (nSPS) is 11.2. The first-order chi connectivity index (χ1) is 14.6. The van der Waals surface area contributed by atoms with E-state index in [-0.39, 0.29) is 5.69 Å². The van der Waals surface area contributed by atoms with Gasteiger partial charge in [-0.2, -0.15) is 0 Å². The van der Waals surface area contributed by atoms with E-state index in [9.17, 15) is 10.1 Å². The summed E-state index contributed by atoms with van der Waals surface area (Å²) in [5, 5.41) is 11.0. The average molecular weight is 395 g/mol. The van der Waals surface area contributed by atoms with Crippen molar-refractivity contribution in [2.45, 2.75) is 13.3 Å². The van der Waals surface area contributed by atoms with Crippen LogP contribution in [-0.2, 0) is 6.42 Å². The standard InChI is InChI=1S/C23H17N5O2/c1-2-15-7-11-17(12-8-15)27-22(16-9-13-18(14-10-16)28(29)30)26-21-23(27)25-20-6-4-3-5-19(20)24-21/h3-14H,2H2,1H3. The number of hydrogen-bond acceptors (Lipinski definition) is 5. The number of benzene rings is 3. The number of aromatic nitrogens is 4. The summed E-state index contributed by atoms with van der Waals surface area (Å²) in [6.45, 7) is 2.11. The molecule has 0 aliphatic rings. The van der Waals surface area contributed by atoms with Gasteiger partial charge in [-0.1, -0.05) is 31.2 Å². The lowest BCUT2D eigenvalue weighted by atomic mass is 10.1. The summed E-state index contributed by atoms with van der Waals surface area (Å²) < 4.78 is 1.95. The van der Waals surface area contributed by atoms with Crippen molar-refractivity contribution in [2.75, 3.05) is 0 Å². The number of aryl methyl sites for hydroxylation is 1. The molecule has 0 spiro atoms. The monoisotopic (exact) mass is 395 g/mol. The van der Waals surface area contributed by atoms with Gasteiger partial charge in [-0.15, -0.1) is 0 Å². The van der Waals surface area contributed by atoms with Crippen LogP contribution >= 0.6 is 0 Å². The summed E-state index contributed by atoms with van der Waals surface area (Å²) in [5.74, 6) is 0.638. The third kappa shape index (κ3) is 2.97. The molecule has 0 fully saturated rings. The maximum atomic E-state index is 11.0. The number of imidazole rings is 1. The maximum Gasteiger partial charge on any atom is 0.269 e. The first kappa shape index (κ1) is 17.9. The molecule has 0 atom stereocenters. The van der Waals surface area contributed by atoms with Gasteiger partial charge in [-0.05, 0) is 48.4 Å². The fraction of sp³-hybridized carbons (Fsp3) is 0.0870. The number of fused-ring (bicyclic) bond motifs is 2. The minimum Gasteiger partial charge on any atom is -0.275 e. The Morgan fingerprint density at radius 1 is 0.867 bits per heavy atom. The lowest BCUT2D eigenvalue weighted by Gasteiger charge is -2.10. The highest BCUT2D eigenvalue weighted by molar-refractivity contribution is 5.86. The average Bonchev–Trinajstić information content (AvgIpc) is 3.15. The van der Waals surface area contributed by atoms with Crippen molar-refractivity contribution in [3.63, 3.8) is 0 Å². The molecule has 0 bridgehead atoms. The Labute approximate surface area is 171 Å². The van der Waals surface area contributed by atoms with Crippen LogP contribution < -0.4 is 0 Å². The molecule has 3 aromatic carbocycles. The SMILES string of the molecule is CCc1ccc(-n2c(-c3ccc([N+](=O)[O-])cc3)nc3nc4ccccc4nc32)cc1.